The number of carbonyl (C=O) groups is 1. The van der Waals surface area contributed by atoms with Crippen molar-refractivity contribution < 1.29 is 9.72 Å². The maximum absolute atomic E-state index is 12.4. The third-order valence-electron chi connectivity index (χ3n) is 3.74. The molecular weight excluding hydrogens is 374 g/mol. The van der Waals surface area contributed by atoms with Gasteiger partial charge in [-0.05, 0) is 37.7 Å². The van der Waals surface area contributed by atoms with Crippen molar-refractivity contribution in [2.75, 3.05) is 12.4 Å². The minimum atomic E-state index is -0.508. The lowest BCUT2D eigenvalue weighted by molar-refractivity contribution is -0.383. The van der Waals surface area contributed by atoms with Gasteiger partial charge in [-0.25, -0.2) is 0 Å². The molecule has 6 nitrogen and oxygen atoms in total. The van der Waals surface area contributed by atoms with Crippen molar-refractivity contribution in [1.29, 1.82) is 0 Å². The highest BCUT2D eigenvalue weighted by Gasteiger charge is 2.21. The maximum Gasteiger partial charge on any atom is 0.292 e. The fourth-order valence-electron chi connectivity index (χ4n) is 2.19. The van der Waals surface area contributed by atoms with Crippen molar-refractivity contribution in [3.8, 4) is 0 Å². The summed E-state index contributed by atoms with van der Waals surface area (Å²) in [6.45, 7) is 2.36. The van der Waals surface area contributed by atoms with E-state index in [2.05, 4.69) is 21.2 Å². The van der Waals surface area contributed by atoms with Gasteiger partial charge < -0.3 is 5.32 Å². The van der Waals surface area contributed by atoms with Gasteiger partial charge in [0.2, 0.25) is 5.91 Å². The molecule has 1 atom stereocenters. The minimum Gasteiger partial charge on any atom is -0.319 e. The number of nitrogens with zero attached hydrogens (tertiary/aromatic N) is 2. The number of likely N-dealkylation sites (N-methyl/N-ethyl adjacent to an activating group) is 1. The van der Waals surface area contributed by atoms with E-state index >= 15 is 0 Å². The van der Waals surface area contributed by atoms with Crippen molar-refractivity contribution >= 4 is 33.2 Å². The molecule has 0 heterocycles. The number of para-hydroxylation sites is 2. The average Bonchev–Trinajstić information content (AvgIpc) is 2.56. The Morgan fingerprint density at radius 2 is 1.88 bits per heavy atom. The van der Waals surface area contributed by atoms with Gasteiger partial charge in [-0.3, -0.25) is 19.8 Å². The molecule has 0 spiro atoms. The Labute approximate surface area is 148 Å². The Bertz CT molecular complexity index is 734. The predicted molar refractivity (Wildman–Crippen MR) is 96.8 cm³/mol. The second-order valence-corrected chi connectivity index (χ2v) is 6.40. The molecule has 0 saturated carbocycles. The highest BCUT2D eigenvalue weighted by molar-refractivity contribution is 9.10. The van der Waals surface area contributed by atoms with Crippen LogP contribution in [-0.2, 0) is 11.3 Å². The number of nitro benzene ring substituents is 1. The monoisotopic (exact) mass is 391 g/mol. The van der Waals surface area contributed by atoms with Gasteiger partial charge in [0.15, 0.2) is 0 Å². The Balaban J connectivity index is 2.04. The van der Waals surface area contributed by atoms with E-state index in [9.17, 15) is 14.9 Å². The molecule has 0 fully saturated rings. The Hall–Kier alpha value is -2.25. The van der Waals surface area contributed by atoms with Crippen LogP contribution in [0, 0.1) is 10.1 Å². The zero-order chi connectivity index (χ0) is 17.7. The molecule has 1 N–H and O–H groups in total. The van der Waals surface area contributed by atoms with Crippen LogP contribution in [-0.4, -0.2) is 28.8 Å². The van der Waals surface area contributed by atoms with Gasteiger partial charge in [-0.2, -0.15) is 0 Å². The van der Waals surface area contributed by atoms with Gasteiger partial charge in [0.1, 0.15) is 5.69 Å². The number of amides is 1. The first-order chi connectivity index (χ1) is 11.4. The van der Waals surface area contributed by atoms with Crippen molar-refractivity contribution in [2.24, 2.45) is 0 Å². The van der Waals surface area contributed by atoms with E-state index in [1.807, 2.05) is 36.2 Å². The Morgan fingerprint density at radius 1 is 1.25 bits per heavy atom. The molecular formula is C17H18BrN3O3. The highest BCUT2D eigenvalue weighted by atomic mass is 79.9. The number of benzene rings is 2. The zero-order valence-corrected chi connectivity index (χ0v) is 15.0. The average molecular weight is 392 g/mol. The topological polar surface area (TPSA) is 75.5 Å². The highest BCUT2D eigenvalue weighted by Crippen LogP contribution is 2.23. The largest absolute Gasteiger partial charge is 0.319 e. The number of hydrogen-bond donors (Lipinski definition) is 1. The van der Waals surface area contributed by atoms with Crippen LogP contribution >= 0.6 is 15.9 Å². The molecule has 0 radical (unpaired) electrons. The minimum absolute atomic E-state index is 0.117. The molecule has 0 aliphatic rings. The normalized spacial score (nSPS) is 12.0. The van der Waals surface area contributed by atoms with Gasteiger partial charge in [0.25, 0.3) is 5.69 Å². The fourth-order valence-corrected chi connectivity index (χ4v) is 2.45. The van der Waals surface area contributed by atoms with Gasteiger partial charge in [0, 0.05) is 17.1 Å². The molecule has 2 aromatic rings. The van der Waals surface area contributed by atoms with Gasteiger partial charge in [-0.1, -0.05) is 40.2 Å². The summed E-state index contributed by atoms with van der Waals surface area (Å²) in [7, 11) is 1.84. The van der Waals surface area contributed by atoms with Crippen molar-refractivity contribution in [3.05, 3.63) is 68.7 Å². The predicted octanol–water partition coefficient (Wildman–Crippen LogP) is 3.82. The molecule has 2 aromatic carbocycles. The van der Waals surface area contributed by atoms with Crippen LogP contribution in [0.2, 0.25) is 0 Å². The summed E-state index contributed by atoms with van der Waals surface area (Å²) < 4.78 is 0.996. The smallest absolute Gasteiger partial charge is 0.292 e. The molecule has 126 valence electrons. The molecule has 0 aliphatic heterocycles. The molecule has 0 unspecified atom stereocenters. The van der Waals surface area contributed by atoms with E-state index in [4.69, 9.17) is 0 Å². The fraction of sp³-hybridized carbons (Fsp3) is 0.235. The van der Waals surface area contributed by atoms with E-state index in [1.54, 1.807) is 19.1 Å². The number of hydrogen-bond acceptors (Lipinski definition) is 4. The third kappa shape index (κ3) is 4.62. The van der Waals surface area contributed by atoms with Crippen molar-refractivity contribution in [2.45, 2.75) is 19.5 Å². The summed E-state index contributed by atoms with van der Waals surface area (Å²) >= 11 is 3.39. The number of rotatable bonds is 6. The number of carbonyl (C=O) groups excluding carboxylic acids is 1. The Morgan fingerprint density at radius 3 is 2.50 bits per heavy atom. The van der Waals surface area contributed by atoms with Crippen LogP contribution < -0.4 is 5.32 Å². The van der Waals surface area contributed by atoms with Crippen molar-refractivity contribution in [1.82, 2.24) is 4.90 Å². The molecule has 24 heavy (non-hydrogen) atoms. The maximum atomic E-state index is 12.4. The summed E-state index contributed by atoms with van der Waals surface area (Å²) in [6, 6.07) is 13.5. The van der Waals surface area contributed by atoms with E-state index in [1.165, 1.54) is 12.1 Å². The summed E-state index contributed by atoms with van der Waals surface area (Å²) in [5.41, 5.74) is 1.16. The third-order valence-corrected chi connectivity index (χ3v) is 4.27. The Kier molecular flexibility index (Phi) is 6.05. The van der Waals surface area contributed by atoms with Crippen LogP contribution in [0.25, 0.3) is 0 Å². The number of nitrogens with one attached hydrogen (secondary N) is 1. The zero-order valence-electron chi connectivity index (χ0n) is 13.4. The second-order valence-electron chi connectivity index (χ2n) is 5.48. The van der Waals surface area contributed by atoms with Gasteiger partial charge in [-0.15, -0.1) is 0 Å². The van der Waals surface area contributed by atoms with E-state index in [-0.39, 0.29) is 17.3 Å². The molecule has 0 aromatic heterocycles. The summed E-state index contributed by atoms with van der Waals surface area (Å²) in [5, 5.41) is 13.7. The molecule has 7 heteroatoms. The number of nitro groups is 1. The molecule has 0 saturated heterocycles. The van der Waals surface area contributed by atoms with Gasteiger partial charge >= 0.3 is 0 Å². The van der Waals surface area contributed by atoms with E-state index in [0.29, 0.717) is 6.54 Å². The lowest BCUT2D eigenvalue weighted by Crippen LogP contribution is -2.39. The molecule has 2 rings (SSSR count). The quantitative estimate of drug-likeness (QED) is 0.599. The summed E-state index contributed by atoms with van der Waals surface area (Å²) in [4.78, 5) is 24.8. The van der Waals surface area contributed by atoms with Crippen molar-refractivity contribution in [3.63, 3.8) is 0 Å². The lowest BCUT2D eigenvalue weighted by Gasteiger charge is -2.24. The van der Waals surface area contributed by atoms with E-state index in [0.717, 1.165) is 10.0 Å². The number of anilines is 1. The second kappa shape index (κ2) is 8.03. The first-order valence-corrected chi connectivity index (χ1v) is 8.16. The van der Waals surface area contributed by atoms with Gasteiger partial charge in [0.05, 0.1) is 11.0 Å². The van der Waals surface area contributed by atoms with Crippen LogP contribution in [0.15, 0.2) is 53.0 Å². The number of halogens is 1. The van der Waals surface area contributed by atoms with Crippen LogP contribution in [0.1, 0.15) is 12.5 Å². The van der Waals surface area contributed by atoms with Crippen LogP contribution in [0.4, 0.5) is 11.4 Å². The van der Waals surface area contributed by atoms with Crippen LogP contribution in [0.3, 0.4) is 0 Å². The SMILES string of the molecule is C[C@@H](C(=O)Nc1ccccc1[N+](=O)[O-])N(C)Cc1ccc(Br)cc1. The standard InChI is InChI=1S/C17H18BrN3O3/c1-12(20(2)11-13-7-9-14(18)10-8-13)17(22)19-15-5-3-4-6-16(15)21(23)24/h3-10,12H,11H2,1-2H3,(H,19,22)/t12-/m0/s1. The first-order valence-electron chi connectivity index (χ1n) is 7.37. The van der Waals surface area contributed by atoms with Crippen LogP contribution in [0.5, 0.6) is 0 Å². The molecule has 1 amide bonds. The molecule has 0 bridgehead atoms. The van der Waals surface area contributed by atoms with E-state index < -0.39 is 11.0 Å². The summed E-state index contributed by atoms with van der Waals surface area (Å²) in [6.07, 6.45) is 0. The summed E-state index contributed by atoms with van der Waals surface area (Å²) in [5.74, 6) is -0.288. The molecule has 0 aliphatic carbocycles. The first kappa shape index (κ1) is 18.1. The lowest BCUT2D eigenvalue weighted by atomic mass is 10.2.